The Labute approximate surface area is 165 Å². The largest absolute Gasteiger partial charge is 0.340 e. The third-order valence-corrected chi connectivity index (χ3v) is 5.34. The van der Waals surface area contributed by atoms with E-state index < -0.39 is 0 Å². The van der Waals surface area contributed by atoms with Crippen molar-refractivity contribution in [1.29, 1.82) is 0 Å². The Balaban J connectivity index is 1.24. The lowest BCUT2D eigenvalue weighted by Gasteiger charge is -2.32. The first-order chi connectivity index (χ1) is 13.7. The number of likely N-dealkylation sites (tertiary alicyclic amines) is 1. The van der Waals surface area contributed by atoms with E-state index in [9.17, 15) is 4.79 Å². The van der Waals surface area contributed by atoms with Crippen molar-refractivity contribution in [3.63, 3.8) is 0 Å². The molecule has 0 saturated carbocycles. The van der Waals surface area contributed by atoms with Gasteiger partial charge >= 0.3 is 6.03 Å². The number of nitrogens with one attached hydrogen (secondary N) is 3. The molecule has 1 fully saturated rings. The van der Waals surface area contributed by atoms with Gasteiger partial charge in [-0.3, -0.25) is 4.90 Å². The monoisotopic (exact) mass is 377 g/mol. The lowest BCUT2D eigenvalue weighted by molar-refractivity contribution is 0.185. The van der Waals surface area contributed by atoms with E-state index in [-0.39, 0.29) is 18.1 Å². The summed E-state index contributed by atoms with van der Waals surface area (Å²) in [5.74, 6) is 0.772. The second kappa shape index (κ2) is 8.44. The number of aromatic nitrogens is 2. The fraction of sp³-hybridized carbons (Fsp3) is 0.364. The number of H-pyrrole nitrogens is 1. The van der Waals surface area contributed by atoms with E-state index in [1.807, 2.05) is 37.3 Å². The molecule has 0 bridgehead atoms. The molecule has 2 amide bonds. The Morgan fingerprint density at radius 3 is 2.61 bits per heavy atom. The van der Waals surface area contributed by atoms with Crippen molar-refractivity contribution in [2.75, 3.05) is 13.1 Å². The van der Waals surface area contributed by atoms with Crippen LogP contribution in [0.4, 0.5) is 4.79 Å². The Bertz CT molecular complexity index is 882. The lowest BCUT2D eigenvalue weighted by Crippen LogP contribution is -2.48. The Morgan fingerprint density at radius 1 is 1.14 bits per heavy atom. The SMILES string of the molecule is CC(NC(=O)NC1CCN(Cc2ccccc2)CC1)c1nc2ccccc2[nH]1. The van der Waals surface area contributed by atoms with Crippen molar-refractivity contribution >= 4 is 17.1 Å². The molecule has 0 spiro atoms. The topological polar surface area (TPSA) is 73.1 Å². The van der Waals surface area contributed by atoms with Gasteiger partial charge in [0.1, 0.15) is 5.82 Å². The number of rotatable bonds is 5. The second-order valence-electron chi connectivity index (χ2n) is 7.51. The summed E-state index contributed by atoms with van der Waals surface area (Å²) in [7, 11) is 0. The molecule has 3 N–H and O–H groups in total. The van der Waals surface area contributed by atoms with Gasteiger partial charge < -0.3 is 15.6 Å². The highest BCUT2D eigenvalue weighted by atomic mass is 16.2. The van der Waals surface area contributed by atoms with Crippen LogP contribution in [0.1, 0.15) is 37.2 Å². The highest BCUT2D eigenvalue weighted by Crippen LogP contribution is 2.16. The van der Waals surface area contributed by atoms with Crippen LogP contribution in [-0.2, 0) is 6.54 Å². The number of amides is 2. The van der Waals surface area contributed by atoms with Gasteiger partial charge in [0.2, 0.25) is 0 Å². The standard InChI is InChI=1S/C22H27N5O/c1-16(21-25-19-9-5-6-10-20(19)26-21)23-22(28)24-18-11-13-27(14-12-18)15-17-7-3-2-4-8-17/h2-10,16,18H,11-15H2,1H3,(H,25,26)(H2,23,24,28). The minimum atomic E-state index is -0.175. The molecule has 6 heteroatoms. The summed E-state index contributed by atoms with van der Waals surface area (Å²) < 4.78 is 0. The molecule has 1 unspecified atom stereocenters. The highest BCUT2D eigenvalue weighted by Gasteiger charge is 2.22. The van der Waals surface area contributed by atoms with E-state index in [1.165, 1.54) is 5.56 Å². The number of para-hydroxylation sites is 2. The Hall–Kier alpha value is -2.86. The van der Waals surface area contributed by atoms with Crippen molar-refractivity contribution < 1.29 is 4.79 Å². The van der Waals surface area contributed by atoms with Gasteiger partial charge in [-0.1, -0.05) is 42.5 Å². The molecule has 28 heavy (non-hydrogen) atoms. The summed E-state index contributed by atoms with van der Waals surface area (Å²) in [5, 5.41) is 6.12. The third-order valence-electron chi connectivity index (χ3n) is 5.34. The van der Waals surface area contributed by atoms with Gasteiger partial charge in [0.25, 0.3) is 0 Å². The molecule has 3 aromatic rings. The first-order valence-electron chi connectivity index (χ1n) is 9.95. The van der Waals surface area contributed by atoms with Crippen molar-refractivity contribution in [3.05, 3.63) is 66.0 Å². The number of urea groups is 1. The van der Waals surface area contributed by atoms with Gasteiger partial charge in [-0.05, 0) is 37.5 Å². The lowest BCUT2D eigenvalue weighted by atomic mass is 10.0. The van der Waals surface area contributed by atoms with Crippen LogP contribution in [0.15, 0.2) is 54.6 Å². The number of carbonyl (C=O) groups excluding carboxylic acids is 1. The molecule has 2 aromatic carbocycles. The Morgan fingerprint density at radius 2 is 1.86 bits per heavy atom. The predicted octanol–water partition coefficient (Wildman–Crippen LogP) is 3.59. The number of imidazole rings is 1. The molecular formula is C22H27N5O. The van der Waals surface area contributed by atoms with Gasteiger partial charge in [0, 0.05) is 25.7 Å². The van der Waals surface area contributed by atoms with Crippen LogP contribution in [0.3, 0.4) is 0 Å². The first kappa shape index (κ1) is 18.5. The van der Waals surface area contributed by atoms with E-state index >= 15 is 0 Å². The average molecular weight is 377 g/mol. The normalized spacial score (nSPS) is 16.8. The number of carbonyl (C=O) groups is 1. The van der Waals surface area contributed by atoms with Crippen LogP contribution in [0.25, 0.3) is 11.0 Å². The molecule has 6 nitrogen and oxygen atoms in total. The summed E-state index contributed by atoms with van der Waals surface area (Å²) in [4.78, 5) is 22.7. The van der Waals surface area contributed by atoms with E-state index in [0.29, 0.717) is 0 Å². The van der Waals surface area contributed by atoms with Crippen molar-refractivity contribution in [1.82, 2.24) is 25.5 Å². The maximum absolute atomic E-state index is 12.4. The summed E-state index contributed by atoms with van der Waals surface area (Å²) >= 11 is 0. The molecule has 0 radical (unpaired) electrons. The molecule has 1 saturated heterocycles. The van der Waals surface area contributed by atoms with Gasteiger partial charge in [0.15, 0.2) is 0 Å². The number of aromatic amines is 1. The molecule has 1 aliphatic rings. The molecule has 1 aliphatic heterocycles. The van der Waals surface area contributed by atoms with Crippen LogP contribution in [0.5, 0.6) is 0 Å². The summed E-state index contributed by atoms with van der Waals surface area (Å²) in [6.07, 6.45) is 1.94. The number of nitrogens with zero attached hydrogens (tertiary/aromatic N) is 2. The van der Waals surface area contributed by atoms with Crippen LogP contribution in [-0.4, -0.2) is 40.0 Å². The fourth-order valence-corrected chi connectivity index (χ4v) is 3.75. The zero-order valence-electron chi connectivity index (χ0n) is 16.2. The smallest absolute Gasteiger partial charge is 0.315 e. The van der Waals surface area contributed by atoms with Gasteiger partial charge in [0.05, 0.1) is 17.1 Å². The number of hydrogen-bond donors (Lipinski definition) is 3. The predicted molar refractivity (Wildman–Crippen MR) is 111 cm³/mol. The maximum atomic E-state index is 12.4. The molecule has 4 rings (SSSR count). The number of piperidine rings is 1. The molecular weight excluding hydrogens is 350 g/mol. The van der Waals surface area contributed by atoms with Gasteiger partial charge in [-0.15, -0.1) is 0 Å². The van der Waals surface area contributed by atoms with Crippen LogP contribution in [0, 0.1) is 0 Å². The summed E-state index contributed by atoms with van der Waals surface area (Å²) in [6, 6.07) is 18.3. The van der Waals surface area contributed by atoms with E-state index in [0.717, 1.165) is 49.3 Å². The molecule has 2 heterocycles. The zero-order chi connectivity index (χ0) is 19.3. The first-order valence-corrected chi connectivity index (χ1v) is 9.95. The van der Waals surface area contributed by atoms with Crippen molar-refractivity contribution in [3.8, 4) is 0 Å². The second-order valence-corrected chi connectivity index (χ2v) is 7.51. The number of fused-ring (bicyclic) bond motifs is 1. The van der Waals surface area contributed by atoms with E-state index in [1.54, 1.807) is 0 Å². The van der Waals surface area contributed by atoms with E-state index in [2.05, 4.69) is 49.8 Å². The summed E-state index contributed by atoms with van der Waals surface area (Å²) in [6.45, 7) is 4.92. The van der Waals surface area contributed by atoms with Gasteiger partial charge in [-0.25, -0.2) is 9.78 Å². The number of benzene rings is 2. The van der Waals surface area contributed by atoms with Crippen molar-refractivity contribution in [2.24, 2.45) is 0 Å². The Kier molecular flexibility index (Phi) is 5.58. The van der Waals surface area contributed by atoms with E-state index in [4.69, 9.17) is 0 Å². The highest BCUT2D eigenvalue weighted by molar-refractivity contribution is 5.76. The molecule has 0 aliphatic carbocycles. The van der Waals surface area contributed by atoms with Crippen LogP contribution < -0.4 is 10.6 Å². The fourth-order valence-electron chi connectivity index (χ4n) is 3.75. The molecule has 146 valence electrons. The molecule has 1 atom stereocenters. The minimum Gasteiger partial charge on any atom is -0.340 e. The van der Waals surface area contributed by atoms with Gasteiger partial charge in [-0.2, -0.15) is 0 Å². The average Bonchev–Trinajstić information content (AvgIpc) is 3.15. The maximum Gasteiger partial charge on any atom is 0.315 e. The summed E-state index contributed by atoms with van der Waals surface area (Å²) in [5.41, 5.74) is 3.24. The van der Waals surface area contributed by atoms with Crippen LogP contribution >= 0.6 is 0 Å². The molecule has 1 aromatic heterocycles. The number of hydrogen-bond acceptors (Lipinski definition) is 3. The third kappa shape index (κ3) is 4.51. The van der Waals surface area contributed by atoms with Crippen molar-refractivity contribution in [2.45, 2.75) is 38.4 Å². The van der Waals surface area contributed by atoms with Crippen LogP contribution in [0.2, 0.25) is 0 Å². The quantitative estimate of drug-likeness (QED) is 0.636. The zero-order valence-corrected chi connectivity index (χ0v) is 16.2. The minimum absolute atomic E-state index is 0.130.